The Hall–Kier alpha value is -2.95. The third-order valence-electron chi connectivity index (χ3n) is 4.68. The Bertz CT molecular complexity index is 901. The molecule has 0 radical (unpaired) electrons. The predicted molar refractivity (Wildman–Crippen MR) is 98.5 cm³/mol. The van der Waals surface area contributed by atoms with E-state index in [1.54, 1.807) is 31.2 Å². The van der Waals surface area contributed by atoms with Crippen LogP contribution in [0, 0.1) is 13.8 Å². The van der Waals surface area contributed by atoms with Crippen LogP contribution < -0.4 is 5.32 Å². The van der Waals surface area contributed by atoms with Crippen LogP contribution in [0.3, 0.4) is 0 Å². The standard InChI is InChI=1S/C21H21NO4/c1-12-4-5-16(10-13(12)2)20(24)14(3)26-21(25)17-6-8-18-15(11-17)7-9-19(23)22-18/h4-6,8,10-11,14H,7,9H2,1-3H3,(H,22,23). The summed E-state index contributed by atoms with van der Waals surface area (Å²) in [5.74, 6) is -0.804. The minimum Gasteiger partial charge on any atom is -0.451 e. The molecule has 0 aliphatic carbocycles. The molecule has 1 unspecified atom stereocenters. The normalized spacial score (nSPS) is 14.2. The molecule has 26 heavy (non-hydrogen) atoms. The van der Waals surface area contributed by atoms with Crippen LogP contribution in [-0.4, -0.2) is 23.8 Å². The van der Waals surface area contributed by atoms with Gasteiger partial charge in [-0.2, -0.15) is 0 Å². The van der Waals surface area contributed by atoms with Gasteiger partial charge in [0.2, 0.25) is 11.7 Å². The zero-order valence-corrected chi connectivity index (χ0v) is 15.1. The Labute approximate surface area is 152 Å². The van der Waals surface area contributed by atoms with E-state index in [9.17, 15) is 14.4 Å². The number of aryl methyl sites for hydroxylation is 3. The fourth-order valence-electron chi connectivity index (χ4n) is 2.92. The van der Waals surface area contributed by atoms with Crippen molar-refractivity contribution < 1.29 is 19.1 Å². The van der Waals surface area contributed by atoms with E-state index in [4.69, 9.17) is 4.74 Å². The number of esters is 1. The van der Waals surface area contributed by atoms with E-state index < -0.39 is 12.1 Å². The summed E-state index contributed by atoms with van der Waals surface area (Å²) in [5.41, 5.74) is 4.64. The van der Waals surface area contributed by atoms with Crippen molar-refractivity contribution in [2.45, 2.75) is 39.7 Å². The van der Waals surface area contributed by atoms with E-state index in [0.29, 0.717) is 24.0 Å². The van der Waals surface area contributed by atoms with Gasteiger partial charge in [0, 0.05) is 17.7 Å². The van der Waals surface area contributed by atoms with Gasteiger partial charge in [0.25, 0.3) is 0 Å². The molecule has 0 aromatic heterocycles. The van der Waals surface area contributed by atoms with Crippen LogP contribution in [0.15, 0.2) is 36.4 Å². The average Bonchev–Trinajstić information content (AvgIpc) is 2.62. The number of carbonyl (C=O) groups is 3. The van der Waals surface area contributed by atoms with Gasteiger partial charge >= 0.3 is 5.97 Å². The highest BCUT2D eigenvalue weighted by Crippen LogP contribution is 2.24. The van der Waals surface area contributed by atoms with Gasteiger partial charge in [-0.3, -0.25) is 9.59 Å². The lowest BCUT2D eigenvalue weighted by atomic mass is 10.00. The smallest absolute Gasteiger partial charge is 0.338 e. The maximum absolute atomic E-state index is 12.5. The molecule has 1 atom stereocenters. The van der Waals surface area contributed by atoms with Gasteiger partial charge in [0.05, 0.1) is 5.56 Å². The number of anilines is 1. The van der Waals surface area contributed by atoms with Crippen LogP contribution in [0.1, 0.15) is 50.8 Å². The summed E-state index contributed by atoms with van der Waals surface area (Å²) in [4.78, 5) is 36.3. The number of nitrogens with one attached hydrogen (secondary N) is 1. The molecule has 1 heterocycles. The van der Waals surface area contributed by atoms with Crippen LogP contribution in [0.4, 0.5) is 5.69 Å². The topological polar surface area (TPSA) is 72.5 Å². The molecule has 1 N–H and O–H groups in total. The molecule has 2 aromatic rings. The van der Waals surface area contributed by atoms with Gasteiger partial charge in [-0.15, -0.1) is 0 Å². The molecule has 0 bridgehead atoms. The van der Waals surface area contributed by atoms with Crippen molar-refractivity contribution in [1.29, 1.82) is 0 Å². The molecule has 0 saturated heterocycles. The van der Waals surface area contributed by atoms with Crippen molar-refractivity contribution in [2.24, 2.45) is 0 Å². The number of benzene rings is 2. The maximum Gasteiger partial charge on any atom is 0.338 e. The number of hydrogen-bond acceptors (Lipinski definition) is 4. The Morgan fingerprint density at radius 1 is 1.00 bits per heavy atom. The molecule has 134 valence electrons. The molecule has 1 aliphatic heterocycles. The third-order valence-corrected chi connectivity index (χ3v) is 4.68. The summed E-state index contributed by atoms with van der Waals surface area (Å²) in [6, 6.07) is 10.4. The summed E-state index contributed by atoms with van der Waals surface area (Å²) in [6.07, 6.45) is 0.104. The van der Waals surface area contributed by atoms with Gasteiger partial charge < -0.3 is 10.1 Å². The number of amides is 1. The van der Waals surface area contributed by atoms with Crippen molar-refractivity contribution in [2.75, 3.05) is 5.32 Å². The number of ether oxygens (including phenoxy) is 1. The van der Waals surface area contributed by atoms with Crippen LogP contribution in [0.25, 0.3) is 0 Å². The van der Waals surface area contributed by atoms with Crippen molar-refractivity contribution in [3.63, 3.8) is 0 Å². The Morgan fingerprint density at radius 2 is 1.73 bits per heavy atom. The van der Waals surface area contributed by atoms with E-state index in [0.717, 1.165) is 22.4 Å². The lowest BCUT2D eigenvalue weighted by Gasteiger charge is -2.18. The third kappa shape index (κ3) is 3.67. The Balaban J connectivity index is 1.72. The van der Waals surface area contributed by atoms with Crippen LogP contribution >= 0.6 is 0 Å². The number of carbonyl (C=O) groups excluding carboxylic acids is 3. The van der Waals surface area contributed by atoms with E-state index in [2.05, 4.69) is 5.32 Å². The highest BCUT2D eigenvalue weighted by Gasteiger charge is 2.22. The molecule has 0 saturated carbocycles. The number of ketones is 1. The van der Waals surface area contributed by atoms with E-state index >= 15 is 0 Å². The number of fused-ring (bicyclic) bond motifs is 1. The van der Waals surface area contributed by atoms with Gasteiger partial charge in [-0.25, -0.2) is 4.79 Å². The fraction of sp³-hybridized carbons (Fsp3) is 0.286. The molecule has 2 aromatic carbocycles. The summed E-state index contributed by atoms with van der Waals surface area (Å²) in [7, 11) is 0. The number of hydrogen-bond donors (Lipinski definition) is 1. The van der Waals surface area contributed by atoms with Crippen molar-refractivity contribution in [3.8, 4) is 0 Å². The molecule has 1 amide bonds. The minimum atomic E-state index is -0.875. The molecule has 5 heteroatoms. The maximum atomic E-state index is 12.5. The minimum absolute atomic E-state index is 0.0274. The van der Waals surface area contributed by atoms with Crippen molar-refractivity contribution >= 4 is 23.3 Å². The van der Waals surface area contributed by atoms with Gasteiger partial charge in [-0.05, 0) is 68.1 Å². The summed E-state index contributed by atoms with van der Waals surface area (Å²) in [6.45, 7) is 5.49. The van der Waals surface area contributed by atoms with Crippen molar-refractivity contribution in [3.05, 3.63) is 64.2 Å². The van der Waals surface area contributed by atoms with E-state index in [-0.39, 0.29) is 11.7 Å². The highest BCUT2D eigenvalue weighted by atomic mass is 16.5. The first kappa shape index (κ1) is 17.9. The summed E-state index contributed by atoms with van der Waals surface area (Å²) in [5, 5.41) is 2.77. The van der Waals surface area contributed by atoms with Gasteiger partial charge in [0.15, 0.2) is 6.10 Å². The zero-order valence-electron chi connectivity index (χ0n) is 15.1. The molecule has 5 nitrogen and oxygen atoms in total. The fourth-order valence-corrected chi connectivity index (χ4v) is 2.92. The lowest BCUT2D eigenvalue weighted by molar-refractivity contribution is -0.116. The number of rotatable bonds is 4. The van der Waals surface area contributed by atoms with Gasteiger partial charge in [0.1, 0.15) is 0 Å². The second-order valence-corrected chi connectivity index (χ2v) is 6.63. The second-order valence-electron chi connectivity index (χ2n) is 6.63. The number of Topliss-reactive ketones (excluding diaryl/α,β-unsaturated/α-hetero) is 1. The molecular weight excluding hydrogens is 330 g/mol. The van der Waals surface area contributed by atoms with Crippen LogP contribution in [-0.2, 0) is 16.0 Å². The largest absolute Gasteiger partial charge is 0.451 e. The summed E-state index contributed by atoms with van der Waals surface area (Å²) >= 11 is 0. The SMILES string of the molecule is Cc1ccc(C(=O)C(C)OC(=O)c2ccc3c(c2)CCC(=O)N3)cc1C. The molecular formula is C21H21NO4. The molecule has 0 spiro atoms. The summed E-state index contributed by atoms with van der Waals surface area (Å²) < 4.78 is 5.36. The highest BCUT2D eigenvalue weighted by molar-refractivity contribution is 6.02. The molecule has 0 fully saturated rings. The van der Waals surface area contributed by atoms with Gasteiger partial charge in [-0.1, -0.05) is 12.1 Å². The van der Waals surface area contributed by atoms with Crippen LogP contribution in [0.2, 0.25) is 0 Å². The monoisotopic (exact) mass is 351 g/mol. The lowest BCUT2D eigenvalue weighted by Crippen LogP contribution is -2.25. The molecule has 3 rings (SSSR count). The van der Waals surface area contributed by atoms with E-state index in [1.165, 1.54) is 0 Å². The van der Waals surface area contributed by atoms with E-state index in [1.807, 2.05) is 26.0 Å². The Kier molecular flexibility index (Phi) is 4.89. The predicted octanol–water partition coefficient (Wildman–Crippen LogP) is 3.62. The Morgan fingerprint density at radius 3 is 2.46 bits per heavy atom. The average molecular weight is 351 g/mol. The van der Waals surface area contributed by atoms with Crippen molar-refractivity contribution in [1.82, 2.24) is 0 Å². The molecule has 1 aliphatic rings. The zero-order chi connectivity index (χ0) is 18.8. The quantitative estimate of drug-likeness (QED) is 0.674. The first-order chi connectivity index (χ1) is 12.3. The second kappa shape index (κ2) is 7.12. The first-order valence-electron chi connectivity index (χ1n) is 8.60. The van der Waals surface area contributed by atoms with Crippen LogP contribution in [0.5, 0.6) is 0 Å². The first-order valence-corrected chi connectivity index (χ1v) is 8.60.